The number of hydrogen-bond donors (Lipinski definition) is 4. The predicted molar refractivity (Wildman–Crippen MR) is 111 cm³/mol. The molecule has 4 rings (SSSR count). The van der Waals surface area contributed by atoms with Gasteiger partial charge in [-0.3, -0.25) is 4.79 Å². The van der Waals surface area contributed by atoms with Crippen molar-refractivity contribution in [1.82, 2.24) is 14.5 Å². The molecule has 1 saturated carbocycles. The quantitative estimate of drug-likeness (QED) is 0.540. The summed E-state index contributed by atoms with van der Waals surface area (Å²) in [5.41, 5.74) is 13.8. The fourth-order valence-electron chi connectivity index (χ4n) is 3.79. The van der Waals surface area contributed by atoms with Crippen LogP contribution in [0.5, 0.6) is 0 Å². The lowest BCUT2D eigenvalue weighted by atomic mass is 9.91. The maximum absolute atomic E-state index is 11.9. The standard InChI is InChI=1S/C20H25N7O/c1-27-10-9-12-14(7-4-8-16(12)27)25-20-18(19(22)28)23-11-17(26-20)24-15-6-3-2-5-13(15)21/h4,7-11,13,15H,2-3,5-6,21H2,1H3,(H2,22,28)(H2,24,25,26). The molecule has 2 unspecified atom stereocenters. The number of rotatable bonds is 5. The largest absolute Gasteiger partial charge is 0.364 e. The zero-order valence-corrected chi connectivity index (χ0v) is 15.9. The minimum absolute atomic E-state index is 0.0841. The third kappa shape index (κ3) is 3.50. The monoisotopic (exact) mass is 379 g/mol. The Labute approximate surface area is 163 Å². The topological polar surface area (TPSA) is 124 Å². The van der Waals surface area contributed by atoms with Gasteiger partial charge in [-0.2, -0.15) is 0 Å². The number of aryl methyl sites for hydroxylation is 1. The van der Waals surface area contributed by atoms with Gasteiger partial charge in [-0.1, -0.05) is 18.9 Å². The maximum Gasteiger partial charge on any atom is 0.271 e. The average Bonchev–Trinajstić information content (AvgIpc) is 3.06. The summed E-state index contributed by atoms with van der Waals surface area (Å²) in [4.78, 5) is 20.7. The number of nitrogens with two attached hydrogens (primary N) is 2. The number of primary amides is 1. The molecule has 1 fully saturated rings. The molecule has 28 heavy (non-hydrogen) atoms. The highest BCUT2D eigenvalue weighted by Gasteiger charge is 2.23. The zero-order valence-electron chi connectivity index (χ0n) is 15.9. The van der Waals surface area contributed by atoms with Gasteiger partial charge in [0.2, 0.25) is 0 Å². The van der Waals surface area contributed by atoms with Crippen molar-refractivity contribution < 1.29 is 4.79 Å². The van der Waals surface area contributed by atoms with E-state index in [9.17, 15) is 4.79 Å². The van der Waals surface area contributed by atoms with Gasteiger partial charge >= 0.3 is 0 Å². The Kier molecular flexibility index (Phi) is 4.87. The van der Waals surface area contributed by atoms with Gasteiger partial charge in [0.1, 0.15) is 5.82 Å². The molecule has 2 atom stereocenters. The van der Waals surface area contributed by atoms with Gasteiger partial charge in [0.15, 0.2) is 11.5 Å². The van der Waals surface area contributed by atoms with Crippen LogP contribution in [0.15, 0.2) is 36.7 Å². The first kappa shape index (κ1) is 18.2. The molecule has 3 aromatic rings. The van der Waals surface area contributed by atoms with Crippen LogP contribution >= 0.6 is 0 Å². The summed E-state index contributed by atoms with van der Waals surface area (Å²) in [6.07, 6.45) is 7.80. The molecular formula is C20H25N7O. The van der Waals surface area contributed by atoms with Crippen LogP contribution in [0.1, 0.15) is 36.2 Å². The molecule has 1 aliphatic carbocycles. The highest BCUT2D eigenvalue weighted by atomic mass is 16.1. The van der Waals surface area contributed by atoms with Crippen molar-refractivity contribution in [3.05, 3.63) is 42.4 Å². The van der Waals surface area contributed by atoms with Gasteiger partial charge < -0.3 is 26.7 Å². The van der Waals surface area contributed by atoms with Crippen LogP contribution < -0.4 is 22.1 Å². The Bertz CT molecular complexity index is 1010. The van der Waals surface area contributed by atoms with E-state index in [1.165, 1.54) is 6.20 Å². The van der Waals surface area contributed by atoms with Crippen LogP contribution in [0.4, 0.5) is 17.3 Å². The van der Waals surface area contributed by atoms with Gasteiger partial charge in [0.25, 0.3) is 5.91 Å². The zero-order chi connectivity index (χ0) is 19.7. The van der Waals surface area contributed by atoms with Crippen molar-refractivity contribution in [2.75, 3.05) is 10.6 Å². The van der Waals surface area contributed by atoms with Crippen molar-refractivity contribution in [3.8, 4) is 0 Å². The fourth-order valence-corrected chi connectivity index (χ4v) is 3.79. The minimum atomic E-state index is -0.629. The first-order valence-electron chi connectivity index (χ1n) is 9.53. The Balaban J connectivity index is 1.67. The summed E-state index contributed by atoms with van der Waals surface area (Å²) < 4.78 is 2.03. The van der Waals surface area contributed by atoms with Gasteiger partial charge in [-0.25, -0.2) is 9.97 Å². The van der Waals surface area contributed by atoms with E-state index in [-0.39, 0.29) is 17.8 Å². The van der Waals surface area contributed by atoms with E-state index >= 15 is 0 Å². The van der Waals surface area contributed by atoms with Crippen molar-refractivity contribution >= 4 is 34.1 Å². The Hall–Kier alpha value is -3.13. The second-order valence-electron chi connectivity index (χ2n) is 7.31. The lowest BCUT2D eigenvalue weighted by molar-refractivity contribution is 0.0996. The Morgan fingerprint density at radius 2 is 2.07 bits per heavy atom. The van der Waals surface area contributed by atoms with Crippen LogP contribution in [0.25, 0.3) is 10.9 Å². The average molecular weight is 379 g/mol. The van der Waals surface area contributed by atoms with E-state index in [0.29, 0.717) is 11.6 Å². The van der Waals surface area contributed by atoms with Crippen LogP contribution in [-0.4, -0.2) is 32.5 Å². The molecule has 146 valence electrons. The van der Waals surface area contributed by atoms with Crippen LogP contribution in [0, 0.1) is 0 Å². The van der Waals surface area contributed by atoms with Gasteiger partial charge in [0.05, 0.1) is 6.20 Å². The lowest BCUT2D eigenvalue weighted by Gasteiger charge is -2.29. The molecule has 2 aromatic heterocycles. The summed E-state index contributed by atoms with van der Waals surface area (Å²) in [7, 11) is 1.98. The smallest absolute Gasteiger partial charge is 0.271 e. The molecule has 6 N–H and O–H groups in total. The first-order chi connectivity index (χ1) is 13.5. The highest BCUT2D eigenvalue weighted by molar-refractivity contribution is 5.99. The number of nitrogens with zero attached hydrogens (tertiary/aromatic N) is 3. The number of fused-ring (bicyclic) bond motifs is 1. The summed E-state index contributed by atoms with van der Waals surface area (Å²) in [5.74, 6) is 0.282. The molecule has 0 spiro atoms. The van der Waals surface area contributed by atoms with Gasteiger partial charge in [0, 0.05) is 41.9 Å². The third-order valence-corrected chi connectivity index (χ3v) is 5.34. The molecule has 0 bridgehead atoms. The number of carbonyl (C=O) groups excluding carboxylic acids is 1. The van der Waals surface area contributed by atoms with Crippen LogP contribution in [0.3, 0.4) is 0 Å². The summed E-state index contributed by atoms with van der Waals surface area (Å²) in [6.45, 7) is 0. The van der Waals surface area contributed by atoms with E-state index < -0.39 is 5.91 Å². The van der Waals surface area contributed by atoms with Crippen molar-refractivity contribution in [2.45, 2.75) is 37.8 Å². The molecular weight excluding hydrogens is 354 g/mol. The summed E-state index contributed by atoms with van der Waals surface area (Å²) in [6, 6.07) is 8.16. The molecule has 1 aliphatic rings. The van der Waals surface area contributed by atoms with E-state index in [1.807, 2.05) is 42.1 Å². The number of anilines is 3. The molecule has 0 aliphatic heterocycles. The number of hydrogen-bond acceptors (Lipinski definition) is 6. The molecule has 8 heteroatoms. The number of nitrogens with one attached hydrogen (secondary N) is 2. The number of amides is 1. The number of aromatic nitrogens is 3. The van der Waals surface area contributed by atoms with Crippen molar-refractivity contribution in [1.29, 1.82) is 0 Å². The second-order valence-corrected chi connectivity index (χ2v) is 7.31. The van der Waals surface area contributed by atoms with Gasteiger partial charge in [-0.15, -0.1) is 0 Å². The number of benzene rings is 1. The van der Waals surface area contributed by atoms with Crippen LogP contribution in [0.2, 0.25) is 0 Å². The fraction of sp³-hybridized carbons (Fsp3) is 0.350. The van der Waals surface area contributed by atoms with Crippen molar-refractivity contribution in [3.63, 3.8) is 0 Å². The van der Waals surface area contributed by atoms with Crippen molar-refractivity contribution in [2.24, 2.45) is 18.5 Å². The summed E-state index contributed by atoms with van der Waals surface area (Å²) >= 11 is 0. The molecule has 8 nitrogen and oxygen atoms in total. The van der Waals surface area contributed by atoms with Gasteiger partial charge in [-0.05, 0) is 31.0 Å². The van der Waals surface area contributed by atoms with E-state index in [0.717, 1.165) is 42.3 Å². The first-order valence-corrected chi connectivity index (χ1v) is 9.53. The SMILES string of the molecule is Cn1ccc2c(Nc3nc(NC4CCCCC4N)cnc3C(N)=O)cccc21. The Morgan fingerprint density at radius 1 is 1.25 bits per heavy atom. The lowest BCUT2D eigenvalue weighted by Crippen LogP contribution is -2.42. The normalized spacial score (nSPS) is 19.5. The number of carbonyl (C=O) groups is 1. The maximum atomic E-state index is 11.9. The molecule has 0 saturated heterocycles. The predicted octanol–water partition coefficient (Wildman–Crippen LogP) is 2.49. The second kappa shape index (κ2) is 7.47. The highest BCUT2D eigenvalue weighted by Crippen LogP contribution is 2.28. The van der Waals surface area contributed by atoms with E-state index in [1.54, 1.807) is 0 Å². The summed E-state index contributed by atoms with van der Waals surface area (Å²) in [5, 5.41) is 7.63. The molecule has 1 amide bonds. The molecule has 0 radical (unpaired) electrons. The minimum Gasteiger partial charge on any atom is -0.364 e. The van der Waals surface area contributed by atoms with E-state index in [4.69, 9.17) is 11.5 Å². The van der Waals surface area contributed by atoms with E-state index in [2.05, 4.69) is 20.6 Å². The van der Waals surface area contributed by atoms with Crippen LogP contribution in [-0.2, 0) is 7.05 Å². The molecule has 1 aromatic carbocycles. The Morgan fingerprint density at radius 3 is 2.86 bits per heavy atom. The third-order valence-electron chi connectivity index (χ3n) is 5.34. The molecule has 2 heterocycles.